The van der Waals surface area contributed by atoms with E-state index < -0.39 is 0 Å². The highest BCUT2D eigenvalue weighted by Crippen LogP contribution is 2.23. The number of amides is 1. The first kappa shape index (κ1) is 13.5. The number of hydrogen-bond donors (Lipinski definition) is 1. The molecule has 3 nitrogen and oxygen atoms in total. The number of nitrogens with one attached hydrogen (secondary N) is 1. The summed E-state index contributed by atoms with van der Waals surface area (Å²) in [6.45, 7) is 10.4. The van der Waals surface area contributed by atoms with Gasteiger partial charge in [-0.15, -0.1) is 0 Å². The van der Waals surface area contributed by atoms with Gasteiger partial charge in [-0.05, 0) is 24.8 Å². The van der Waals surface area contributed by atoms with Crippen molar-refractivity contribution in [1.82, 2.24) is 10.2 Å². The van der Waals surface area contributed by atoms with Gasteiger partial charge in [0.05, 0.1) is 0 Å². The molecule has 0 aliphatic carbocycles. The molecule has 1 rings (SSSR count). The van der Waals surface area contributed by atoms with Crippen LogP contribution in [0.4, 0.5) is 0 Å². The third-order valence-corrected chi connectivity index (χ3v) is 3.31. The van der Waals surface area contributed by atoms with Crippen LogP contribution in [0.3, 0.4) is 0 Å². The van der Waals surface area contributed by atoms with E-state index in [2.05, 4.69) is 33.0 Å². The molecule has 3 heteroatoms. The van der Waals surface area contributed by atoms with Gasteiger partial charge in [0, 0.05) is 25.6 Å². The van der Waals surface area contributed by atoms with Gasteiger partial charge in [-0.1, -0.05) is 27.7 Å². The monoisotopic (exact) mass is 226 g/mol. The minimum Gasteiger partial charge on any atom is -0.342 e. The molecule has 16 heavy (non-hydrogen) atoms. The van der Waals surface area contributed by atoms with Crippen LogP contribution < -0.4 is 5.32 Å². The standard InChI is InChI=1S/C13H26N2O/c1-10-9-15(7-6-11(10)14-5)12(16)8-13(2,3)4/h10-11,14H,6-9H2,1-5H3. The van der Waals surface area contributed by atoms with E-state index in [1.165, 1.54) is 0 Å². The molecule has 1 amide bonds. The van der Waals surface area contributed by atoms with Crippen molar-refractivity contribution in [1.29, 1.82) is 0 Å². The highest BCUT2D eigenvalue weighted by Gasteiger charge is 2.29. The highest BCUT2D eigenvalue weighted by molar-refractivity contribution is 5.76. The van der Waals surface area contributed by atoms with Crippen molar-refractivity contribution in [2.75, 3.05) is 20.1 Å². The second-order valence-corrected chi connectivity index (χ2v) is 6.24. The minimum absolute atomic E-state index is 0.0974. The number of likely N-dealkylation sites (tertiary alicyclic amines) is 1. The molecule has 0 bridgehead atoms. The largest absolute Gasteiger partial charge is 0.342 e. The molecule has 1 N–H and O–H groups in total. The average Bonchev–Trinajstić information content (AvgIpc) is 2.15. The summed E-state index contributed by atoms with van der Waals surface area (Å²) in [6, 6.07) is 0.568. The molecule has 94 valence electrons. The Morgan fingerprint density at radius 1 is 1.44 bits per heavy atom. The first-order chi connectivity index (χ1) is 7.33. The molecule has 1 fully saturated rings. The Morgan fingerprint density at radius 2 is 2.06 bits per heavy atom. The fourth-order valence-corrected chi connectivity index (χ4v) is 2.37. The summed E-state index contributed by atoms with van der Waals surface area (Å²) in [5.41, 5.74) is 0.0974. The van der Waals surface area contributed by atoms with Crippen molar-refractivity contribution in [2.45, 2.75) is 46.6 Å². The molecule has 2 atom stereocenters. The van der Waals surface area contributed by atoms with Crippen LogP contribution >= 0.6 is 0 Å². The summed E-state index contributed by atoms with van der Waals surface area (Å²) in [5.74, 6) is 0.872. The molecule has 0 spiro atoms. The Balaban J connectivity index is 2.48. The van der Waals surface area contributed by atoms with Gasteiger partial charge in [-0.2, -0.15) is 0 Å². The maximum Gasteiger partial charge on any atom is 0.223 e. The molecule has 1 aliphatic rings. The van der Waals surface area contributed by atoms with E-state index in [-0.39, 0.29) is 5.41 Å². The SMILES string of the molecule is CNC1CCN(C(=O)CC(C)(C)C)CC1C. The predicted molar refractivity (Wildman–Crippen MR) is 67.3 cm³/mol. The third-order valence-electron chi connectivity index (χ3n) is 3.31. The molecule has 1 heterocycles. The van der Waals surface area contributed by atoms with Crippen LogP contribution in [0.2, 0.25) is 0 Å². The van der Waals surface area contributed by atoms with Crippen molar-refractivity contribution in [3.63, 3.8) is 0 Å². The molecule has 0 radical (unpaired) electrons. The summed E-state index contributed by atoms with van der Waals surface area (Å²) in [5, 5.41) is 3.32. The fourth-order valence-electron chi connectivity index (χ4n) is 2.37. The zero-order valence-corrected chi connectivity index (χ0v) is 11.3. The lowest BCUT2D eigenvalue weighted by molar-refractivity contribution is -0.135. The zero-order valence-electron chi connectivity index (χ0n) is 11.3. The number of rotatable bonds is 2. The van der Waals surface area contributed by atoms with Crippen molar-refractivity contribution < 1.29 is 4.79 Å². The summed E-state index contributed by atoms with van der Waals surface area (Å²) < 4.78 is 0. The Kier molecular flexibility index (Phi) is 4.36. The molecular formula is C13H26N2O. The third kappa shape index (κ3) is 3.78. The summed E-state index contributed by atoms with van der Waals surface area (Å²) in [6.07, 6.45) is 1.73. The maximum absolute atomic E-state index is 12.1. The first-order valence-electron chi connectivity index (χ1n) is 6.28. The molecule has 1 aliphatic heterocycles. The zero-order chi connectivity index (χ0) is 12.3. The van der Waals surface area contributed by atoms with Gasteiger partial charge in [-0.3, -0.25) is 4.79 Å². The average molecular weight is 226 g/mol. The second-order valence-electron chi connectivity index (χ2n) is 6.24. The van der Waals surface area contributed by atoms with E-state index in [4.69, 9.17) is 0 Å². The number of carbonyl (C=O) groups excluding carboxylic acids is 1. The van der Waals surface area contributed by atoms with Gasteiger partial charge in [0.25, 0.3) is 0 Å². The van der Waals surface area contributed by atoms with Crippen LogP contribution in [0.15, 0.2) is 0 Å². The van der Waals surface area contributed by atoms with Crippen LogP contribution in [-0.2, 0) is 4.79 Å². The van der Waals surface area contributed by atoms with Crippen LogP contribution in [0, 0.1) is 11.3 Å². The van der Waals surface area contributed by atoms with E-state index in [1.807, 2.05) is 11.9 Å². The van der Waals surface area contributed by atoms with Gasteiger partial charge in [0.15, 0.2) is 0 Å². The van der Waals surface area contributed by atoms with E-state index in [0.717, 1.165) is 19.5 Å². The van der Waals surface area contributed by atoms with E-state index in [0.29, 0.717) is 24.3 Å². The number of nitrogens with zero attached hydrogens (tertiary/aromatic N) is 1. The molecule has 0 saturated carbocycles. The lowest BCUT2D eigenvalue weighted by Crippen LogP contribution is -2.49. The van der Waals surface area contributed by atoms with Crippen LogP contribution in [-0.4, -0.2) is 37.0 Å². The smallest absolute Gasteiger partial charge is 0.223 e. The molecular weight excluding hydrogens is 200 g/mol. The maximum atomic E-state index is 12.1. The van der Waals surface area contributed by atoms with Crippen molar-refractivity contribution in [3.8, 4) is 0 Å². The molecule has 1 saturated heterocycles. The van der Waals surface area contributed by atoms with Gasteiger partial charge in [0.1, 0.15) is 0 Å². The summed E-state index contributed by atoms with van der Waals surface area (Å²) in [7, 11) is 2.01. The Hall–Kier alpha value is -0.570. The molecule has 2 unspecified atom stereocenters. The quantitative estimate of drug-likeness (QED) is 0.779. The second kappa shape index (κ2) is 5.17. The Bertz CT molecular complexity index is 245. The summed E-state index contributed by atoms with van der Waals surface area (Å²) in [4.78, 5) is 14.1. The topological polar surface area (TPSA) is 32.3 Å². The molecule has 0 aromatic rings. The van der Waals surface area contributed by atoms with Crippen LogP contribution in [0.5, 0.6) is 0 Å². The van der Waals surface area contributed by atoms with E-state index in [9.17, 15) is 4.79 Å². The Labute approximate surface area is 99.6 Å². The lowest BCUT2D eigenvalue weighted by atomic mass is 9.89. The fraction of sp³-hybridized carbons (Fsp3) is 0.923. The van der Waals surface area contributed by atoms with Gasteiger partial charge < -0.3 is 10.2 Å². The number of hydrogen-bond acceptors (Lipinski definition) is 2. The highest BCUT2D eigenvalue weighted by atomic mass is 16.2. The summed E-state index contributed by atoms with van der Waals surface area (Å²) >= 11 is 0. The minimum atomic E-state index is 0.0974. The number of piperidine rings is 1. The van der Waals surface area contributed by atoms with Crippen molar-refractivity contribution >= 4 is 5.91 Å². The van der Waals surface area contributed by atoms with Crippen LogP contribution in [0.1, 0.15) is 40.5 Å². The molecule has 0 aromatic carbocycles. The van der Waals surface area contributed by atoms with Crippen molar-refractivity contribution in [2.24, 2.45) is 11.3 Å². The van der Waals surface area contributed by atoms with E-state index in [1.54, 1.807) is 0 Å². The normalized spacial score (nSPS) is 26.9. The van der Waals surface area contributed by atoms with Gasteiger partial charge in [0.2, 0.25) is 5.91 Å². The Morgan fingerprint density at radius 3 is 2.50 bits per heavy atom. The molecule has 0 aromatic heterocycles. The van der Waals surface area contributed by atoms with Gasteiger partial charge >= 0.3 is 0 Å². The number of carbonyl (C=O) groups is 1. The van der Waals surface area contributed by atoms with Crippen molar-refractivity contribution in [3.05, 3.63) is 0 Å². The van der Waals surface area contributed by atoms with Crippen LogP contribution in [0.25, 0.3) is 0 Å². The van der Waals surface area contributed by atoms with E-state index >= 15 is 0 Å². The first-order valence-corrected chi connectivity index (χ1v) is 6.28. The van der Waals surface area contributed by atoms with Gasteiger partial charge in [-0.25, -0.2) is 0 Å². The lowest BCUT2D eigenvalue weighted by Gasteiger charge is -2.37. The predicted octanol–water partition coefficient (Wildman–Crippen LogP) is 1.88.